The van der Waals surface area contributed by atoms with E-state index >= 15 is 0 Å². The van der Waals surface area contributed by atoms with Crippen LogP contribution in [0.3, 0.4) is 0 Å². The molecule has 18 heavy (non-hydrogen) atoms. The molecule has 0 heterocycles. The van der Waals surface area contributed by atoms with Crippen LogP contribution in [-0.2, 0) is 11.2 Å². The molecule has 1 atom stereocenters. The molecule has 1 amide bonds. The number of carbonyl (C=O) groups excluding carboxylic acids is 1. The van der Waals surface area contributed by atoms with Gasteiger partial charge in [0.1, 0.15) is 0 Å². The number of amides is 1. The van der Waals surface area contributed by atoms with Crippen LogP contribution in [0.4, 0.5) is 0 Å². The first-order chi connectivity index (χ1) is 8.76. The highest BCUT2D eigenvalue weighted by Crippen LogP contribution is 2.02. The fourth-order valence-corrected chi connectivity index (χ4v) is 1.56. The lowest BCUT2D eigenvalue weighted by atomic mass is 10.1. The van der Waals surface area contributed by atoms with Gasteiger partial charge in [0.2, 0.25) is 5.91 Å². The fourth-order valence-electron chi connectivity index (χ4n) is 1.56. The summed E-state index contributed by atoms with van der Waals surface area (Å²) in [5.74, 6) is -0.192. The van der Waals surface area contributed by atoms with Gasteiger partial charge in [-0.15, -0.1) is 0 Å². The number of benzene rings is 1. The van der Waals surface area contributed by atoms with Crippen molar-refractivity contribution >= 4 is 5.91 Å². The van der Waals surface area contributed by atoms with Crippen molar-refractivity contribution in [2.45, 2.75) is 19.4 Å². The van der Waals surface area contributed by atoms with Crippen LogP contribution in [0, 0.1) is 0 Å². The molecule has 1 aromatic rings. The summed E-state index contributed by atoms with van der Waals surface area (Å²) in [6, 6.07) is 9.52. The van der Waals surface area contributed by atoms with Crippen LogP contribution in [0.1, 0.15) is 12.5 Å². The summed E-state index contributed by atoms with van der Waals surface area (Å²) < 4.78 is 0. The second-order valence-electron chi connectivity index (χ2n) is 3.96. The van der Waals surface area contributed by atoms with Crippen LogP contribution in [0.15, 0.2) is 54.6 Å². The van der Waals surface area contributed by atoms with Crippen molar-refractivity contribution in [3.8, 4) is 0 Å². The minimum Gasteiger partial charge on any atom is -0.394 e. The lowest BCUT2D eigenvalue weighted by Gasteiger charge is -2.15. The molecule has 0 aliphatic rings. The third-order valence-electron chi connectivity index (χ3n) is 2.44. The summed E-state index contributed by atoms with van der Waals surface area (Å²) in [7, 11) is 0. The maximum absolute atomic E-state index is 11.5. The molecule has 1 rings (SSSR count). The zero-order valence-electron chi connectivity index (χ0n) is 10.5. The van der Waals surface area contributed by atoms with E-state index in [1.807, 2.05) is 43.3 Å². The van der Waals surface area contributed by atoms with Crippen molar-refractivity contribution in [2.75, 3.05) is 6.61 Å². The Kier molecular flexibility index (Phi) is 6.51. The third kappa shape index (κ3) is 5.46. The van der Waals surface area contributed by atoms with Crippen molar-refractivity contribution < 1.29 is 9.90 Å². The van der Waals surface area contributed by atoms with E-state index in [1.165, 1.54) is 6.08 Å². The Labute approximate surface area is 108 Å². The second-order valence-corrected chi connectivity index (χ2v) is 3.96. The van der Waals surface area contributed by atoms with Crippen molar-refractivity contribution in [2.24, 2.45) is 0 Å². The van der Waals surface area contributed by atoms with Gasteiger partial charge >= 0.3 is 0 Å². The Morgan fingerprint density at radius 3 is 2.67 bits per heavy atom. The van der Waals surface area contributed by atoms with Crippen molar-refractivity contribution in [1.29, 1.82) is 0 Å². The Hall–Kier alpha value is -1.87. The summed E-state index contributed by atoms with van der Waals surface area (Å²) in [5.41, 5.74) is 1.09. The Morgan fingerprint density at radius 2 is 2.06 bits per heavy atom. The number of aliphatic hydroxyl groups is 1. The Balaban J connectivity index is 2.49. The lowest BCUT2D eigenvalue weighted by molar-refractivity contribution is -0.117. The van der Waals surface area contributed by atoms with Crippen LogP contribution in [0.25, 0.3) is 0 Å². The van der Waals surface area contributed by atoms with Crippen LogP contribution in [0.5, 0.6) is 0 Å². The fraction of sp³-hybridized carbons (Fsp3) is 0.267. The van der Waals surface area contributed by atoms with Gasteiger partial charge in [-0.3, -0.25) is 4.79 Å². The summed E-state index contributed by atoms with van der Waals surface area (Å²) >= 11 is 0. The molecule has 1 aromatic carbocycles. The van der Waals surface area contributed by atoms with Gasteiger partial charge in [0.05, 0.1) is 12.6 Å². The number of nitrogens with one attached hydrogen (secondary N) is 1. The molecular weight excluding hydrogens is 226 g/mol. The van der Waals surface area contributed by atoms with E-state index < -0.39 is 0 Å². The van der Waals surface area contributed by atoms with E-state index in [1.54, 1.807) is 12.2 Å². The molecule has 0 aliphatic carbocycles. The summed E-state index contributed by atoms with van der Waals surface area (Å²) in [4.78, 5) is 11.5. The number of hydrogen-bond acceptors (Lipinski definition) is 2. The third-order valence-corrected chi connectivity index (χ3v) is 2.44. The smallest absolute Gasteiger partial charge is 0.244 e. The average molecular weight is 245 g/mol. The highest BCUT2D eigenvalue weighted by atomic mass is 16.3. The minimum absolute atomic E-state index is 0.0713. The molecule has 96 valence electrons. The first-order valence-corrected chi connectivity index (χ1v) is 6.01. The molecule has 0 fully saturated rings. The highest BCUT2D eigenvalue weighted by Gasteiger charge is 2.09. The Morgan fingerprint density at radius 1 is 1.33 bits per heavy atom. The van der Waals surface area contributed by atoms with Crippen molar-refractivity contribution in [1.82, 2.24) is 5.32 Å². The molecular formula is C15H19NO2. The van der Waals surface area contributed by atoms with E-state index in [9.17, 15) is 9.90 Å². The van der Waals surface area contributed by atoms with Crippen molar-refractivity contribution in [3.05, 3.63) is 60.2 Å². The van der Waals surface area contributed by atoms with E-state index in [-0.39, 0.29) is 18.6 Å². The standard InChI is InChI=1S/C15H19NO2/c1-2-3-5-10-15(18)16-14(12-17)11-13-8-6-4-7-9-13/h2-10,14,17H,11-12H2,1H3,(H,16,18). The van der Waals surface area contributed by atoms with Crippen molar-refractivity contribution in [3.63, 3.8) is 0 Å². The van der Waals surface area contributed by atoms with E-state index in [2.05, 4.69) is 5.32 Å². The van der Waals surface area contributed by atoms with E-state index in [4.69, 9.17) is 0 Å². The first kappa shape index (κ1) is 14.2. The normalized spacial score (nSPS) is 13.0. The molecule has 0 aliphatic heterocycles. The molecule has 2 N–H and O–H groups in total. The molecule has 0 saturated carbocycles. The first-order valence-electron chi connectivity index (χ1n) is 6.01. The number of aliphatic hydroxyl groups excluding tert-OH is 1. The summed E-state index contributed by atoms with van der Waals surface area (Å²) in [5, 5.41) is 12.0. The molecule has 0 radical (unpaired) electrons. The highest BCUT2D eigenvalue weighted by molar-refractivity contribution is 5.88. The number of rotatable bonds is 6. The lowest BCUT2D eigenvalue weighted by Crippen LogP contribution is -2.38. The minimum atomic E-state index is -0.254. The molecule has 3 heteroatoms. The van der Waals surface area contributed by atoms with Gasteiger partial charge in [-0.2, -0.15) is 0 Å². The zero-order chi connectivity index (χ0) is 13.2. The van der Waals surface area contributed by atoms with Gasteiger partial charge < -0.3 is 10.4 Å². The van der Waals surface area contributed by atoms with Crippen LogP contribution in [-0.4, -0.2) is 23.7 Å². The van der Waals surface area contributed by atoms with E-state index in [0.29, 0.717) is 6.42 Å². The second kappa shape index (κ2) is 8.25. The largest absolute Gasteiger partial charge is 0.394 e. The van der Waals surface area contributed by atoms with Gasteiger partial charge in [-0.25, -0.2) is 0 Å². The monoisotopic (exact) mass is 245 g/mol. The zero-order valence-corrected chi connectivity index (χ0v) is 10.5. The molecule has 0 aromatic heterocycles. The van der Waals surface area contributed by atoms with Gasteiger partial charge in [-0.1, -0.05) is 48.6 Å². The molecule has 0 saturated heterocycles. The van der Waals surface area contributed by atoms with E-state index in [0.717, 1.165) is 5.56 Å². The molecule has 0 bridgehead atoms. The number of carbonyl (C=O) groups is 1. The molecule has 3 nitrogen and oxygen atoms in total. The summed E-state index contributed by atoms with van der Waals surface area (Å²) in [6.45, 7) is 1.81. The molecule has 0 spiro atoms. The average Bonchev–Trinajstić information content (AvgIpc) is 2.39. The number of allylic oxidation sites excluding steroid dienone is 3. The SMILES string of the molecule is CC=CC=CC(=O)NC(CO)Cc1ccccc1. The quantitative estimate of drug-likeness (QED) is 0.593. The van der Waals surface area contributed by atoms with Gasteiger partial charge in [0.25, 0.3) is 0 Å². The predicted molar refractivity (Wildman–Crippen MR) is 73.1 cm³/mol. The number of hydrogen-bond donors (Lipinski definition) is 2. The van der Waals surface area contributed by atoms with Crippen LogP contribution < -0.4 is 5.32 Å². The van der Waals surface area contributed by atoms with Gasteiger partial charge in [-0.05, 0) is 18.9 Å². The van der Waals surface area contributed by atoms with Crippen LogP contribution in [0.2, 0.25) is 0 Å². The Bertz CT molecular complexity index is 410. The predicted octanol–water partition coefficient (Wildman–Crippen LogP) is 1.84. The topological polar surface area (TPSA) is 49.3 Å². The maximum atomic E-state index is 11.5. The maximum Gasteiger partial charge on any atom is 0.244 e. The summed E-state index contributed by atoms with van der Waals surface area (Å²) in [6.07, 6.45) is 7.38. The van der Waals surface area contributed by atoms with Gasteiger partial charge in [0, 0.05) is 6.08 Å². The van der Waals surface area contributed by atoms with Gasteiger partial charge in [0.15, 0.2) is 0 Å². The molecule has 1 unspecified atom stereocenters. The van der Waals surface area contributed by atoms with Crippen LogP contribution >= 0.6 is 0 Å².